The van der Waals surface area contributed by atoms with Crippen LogP contribution in [-0.4, -0.2) is 37.7 Å². The minimum Gasteiger partial charge on any atom is -0.493 e. The molecule has 0 unspecified atom stereocenters. The molecule has 3 N–H and O–H groups in total. The van der Waals surface area contributed by atoms with Gasteiger partial charge in [-0.1, -0.05) is 11.6 Å². The summed E-state index contributed by atoms with van der Waals surface area (Å²) >= 11 is 6.05. The van der Waals surface area contributed by atoms with Gasteiger partial charge in [0.05, 0.1) is 24.3 Å². The highest BCUT2D eigenvalue weighted by Gasteiger charge is 2.22. The topological polar surface area (TPSA) is 117 Å². The third-order valence-corrected chi connectivity index (χ3v) is 2.93. The highest BCUT2D eigenvalue weighted by Crippen LogP contribution is 2.36. The number of primary amides is 1. The van der Waals surface area contributed by atoms with Crippen molar-refractivity contribution in [3.8, 4) is 11.5 Å². The third kappa shape index (κ3) is 5.03. The van der Waals surface area contributed by atoms with E-state index in [1.54, 1.807) is 6.92 Å². The molecule has 0 bridgehead atoms. The molecule has 0 aliphatic rings. The maximum absolute atomic E-state index is 12.1. The number of ether oxygens (including phenoxy) is 3. The van der Waals surface area contributed by atoms with E-state index in [-0.39, 0.29) is 16.3 Å². The lowest BCUT2D eigenvalue weighted by Crippen LogP contribution is -2.42. The van der Waals surface area contributed by atoms with Gasteiger partial charge in [-0.05, 0) is 26.0 Å². The molecule has 0 spiro atoms. The number of methoxy groups -OCH3 is 1. The van der Waals surface area contributed by atoms with Crippen LogP contribution in [-0.2, 0) is 9.53 Å². The lowest BCUT2D eigenvalue weighted by atomic mass is 10.2. The number of carbonyl (C=O) groups is 3. The lowest BCUT2D eigenvalue weighted by molar-refractivity contribution is -0.127. The van der Waals surface area contributed by atoms with Crippen molar-refractivity contribution in [2.45, 2.75) is 20.0 Å². The fraction of sp³-hybridized carbons (Fsp3) is 0.357. The monoisotopic (exact) mass is 344 g/mol. The molecule has 0 saturated carbocycles. The number of benzene rings is 1. The third-order valence-electron chi connectivity index (χ3n) is 2.65. The smallest absolute Gasteiger partial charge is 0.339 e. The predicted octanol–water partition coefficient (Wildman–Crippen LogP) is 1.49. The Bertz CT molecular complexity index is 620. The molecule has 1 aromatic carbocycles. The van der Waals surface area contributed by atoms with Crippen LogP contribution in [0.2, 0.25) is 5.02 Å². The van der Waals surface area contributed by atoms with Crippen LogP contribution in [0.5, 0.6) is 11.5 Å². The molecule has 126 valence electrons. The van der Waals surface area contributed by atoms with E-state index >= 15 is 0 Å². The van der Waals surface area contributed by atoms with Gasteiger partial charge < -0.3 is 19.9 Å². The van der Waals surface area contributed by atoms with Crippen LogP contribution in [0.3, 0.4) is 0 Å². The second-order valence-electron chi connectivity index (χ2n) is 4.32. The normalized spacial score (nSPS) is 11.3. The number of rotatable bonds is 6. The molecule has 0 aromatic heterocycles. The van der Waals surface area contributed by atoms with Crippen LogP contribution in [0.15, 0.2) is 12.1 Å². The van der Waals surface area contributed by atoms with E-state index in [0.717, 1.165) is 0 Å². The summed E-state index contributed by atoms with van der Waals surface area (Å²) in [6.45, 7) is 3.44. The summed E-state index contributed by atoms with van der Waals surface area (Å²) < 4.78 is 15.4. The number of hydrogen-bond donors (Lipinski definition) is 2. The van der Waals surface area contributed by atoms with Gasteiger partial charge >= 0.3 is 12.0 Å². The van der Waals surface area contributed by atoms with E-state index in [1.165, 1.54) is 26.2 Å². The first kappa shape index (κ1) is 18.6. The van der Waals surface area contributed by atoms with Crippen molar-refractivity contribution in [1.82, 2.24) is 5.32 Å². The molecule has 0 aliphatic carbocycles. The zero-order valence-corrected chi connectivity index (χ0v) is 13.6. The molecule has 1 atom stereocenters. The van der Waals surface area contributed by atoms with E-state index in [4.69, 9.17) is 31.5 Å². The number of hydrogen-bond acceptors (Lipinski definition) is 6. The average molecular weight is 345 g/mol. The Morgan fingerprint density at radius 1 is 1.35 bits per heavy atom. The van der Waals surface area contributed by atoms with Gasteiger partial charge in [-0.25, -0.2) is 9.59 Å². The van der Waals surface area contributed by atoms with Crippen LogP contribution >= 0.6 is 11.6 Å². The van der Waals surface area contributed by atoms with Gasteiger partial charge in [0.15, 0.2) is 17.6 Å². The summed E-state index contributed by atoms with van der Waals surface area (Å²) in [6.07, 6.45) is -1.22. The Morgan fingerprint density at radius 3 is 2.52 bits per heavy atom. The number of nitrogens with two attached hydrogens (primary N) is 1. The molecule has 9 heteroatoms. The standard InChI is InChI=1S/C14H17ClN2O6/c1-4-22-11-9(15)5-8(6-10(11)21-3)13(19)23-7(2)12(18)17-14(16)20/h5-7H,4H2,1-3H3,(H3,16,17,18,20)/t7-/m0/s1. The van der Waals surface area contributed by atoms with E-state index in [2.05, 4.69) is 0 Å². The molecular formula is C14H17ClN2O6. The fourth-order valence-corrected chi connectivity index (χ4v) is 1.89. The average Bonchev–Trinajstić information content (AvgIpc) is 2.48. The van der Waals surface area contributed by atoms with Gasteiger partial charge in [0.2, 0.25) is 0 Å². The van der Waals surface area contributed by atoms with Gasteiger partial charge in [0.25, 0.3) is 5.91 Å². The maximum Gasteiger partial charge on any atom is 0.339 e. The number of urea groups is 1. The van der Waals surface area contributed by atoms with Gasteiger partial charge in [0, 0.05) is 0 Å². The molecule has 0 saturated heterocycles. The number of halogens is 1. The quantitative estimate of drug-likeness (QED) is 0.755. The Morgan fingerprint density at radius 2 is 2.00 bits per heavy atom. The van der Waals surface area contributed by atoms with Crippen molar-refractivity contribution in [3.05, 3.63) is 22.7 Å². The Balaban J connectivity index is 2.94. The summed E-state index contributed by atoms with van der Waals surface area (Å²) in [6, 6.07) is 1.66. The van der Waals surface area contributed by atoms with Crippen molar-refractivity contribution in [1.29, 1.82) is 0 Å². The van der Waals surface area contributed by atoms with Crippen LogP contribution in [0.1, 0.15) is 24.2 Å². The zero-order chi connectivity index (χ0) is 17.6. The minimum atomic E-state index is -1.22. The van der Waals surface area contributed by atoms with E-state index in [9.17, 15) is 14.4 Å². The lowest BCUT2D eigenvalue weighted by Gasteiger charge is -2.15. The van der Waals surface area contributed by atoms with Gasteiger partial charge in [-0.15, -0.1) is 0 Å². The van der Waals surface area contributed by atoms with Crippen LogP contribution in [0.4, 0.5) is 4.79 Å². The van der Waals surface area contributed by atoms with Gasteiger partial charge in [-0.3, -0.25) is 10.1 Å². The molecule has 1 aromatic rings. The zero-order valence-electron chi connectivity index (χ0n) is 12.8. The second-order valence-corrected chi connectivity index (χ2v) is 4.73. The van der Waals surface area contributed by atoms with Gasteiger partial charge in [0.1, 0.15) is 0 Å². The Kier molecular flexibility index (Phi) is 6.65. The molecule has 23 heavy (non-hydrogen) atoms. The van der Waals surface area contributed by atoms with Crippen molar-refractivity contribution >= 4 is 29.5 Å². The summed E-state index contributed by atoms with van der Waals surface area (Å²) in [5.41, 5.74) is 4.88. The Labute approximate surface area is 137 Å². The van der Waals surface area contributed by atoms with Crippen molar-refractivity contribution in [2.75, 3.05) is 13.7 Å². The first-order valence-electron chi connectivity index (χ1n) is 6.61. The van der Waals surface area contributed by atoms with E-state index in [1.807, 2.05) is 5.32 Å². The maximum atomic E-state index is 12.1. The van der Waals surface area contributed by atoms with Gasteiger partial charge in [-0.2, -0.15) is 0 Å². The molecule has 3 amide bonds. The van der Waals surface area contributed by atoms with E-state index in [0.29, 0.717) is 12.4 Å². The summed E-state index contributed by atoms with van der Waals surface area (Å²) in [5.74, 6) is -1.11. The molecular weight excluding hydrogens is 328 g/mol. The van der Waals surface area contributed by atoms with Crippen LogP contribution in [0, 0.1) is 0 Å². The highest BCUT2D eigenvalue weighted by atomic mass is 35.5. The van der Waals surface area contributed by atoms with Crippen LogP contribution < -0.4 is 20.5 Å². The molecule has 0 aliphatic heterocycles. The van der Waals surface area contributed by atoms with E-state index < -0.39 is 24.0 Å². The first-order chi connectivity index (χ1) is 10.8. The minimum absolute atomic E-state index is 0.0639. The second kappa shape index (κ2) is 8.23. The number of nitrogens with one attached hydrogen (secondary N) is 1. The first-order valence-corrected chi connectivity index (χ1v) is 6.99. The number of amides is 3. The largest absolute Gasteiger partial charge is 0.493 e. The summed E-state index contributed by atoms with van der Waals surface area (Å²) in [4.78, 5) is 34.2. The fourth-order valence-electron chi connectivity index (χ4n) is 1.63. The van der Waals surface area contributed by atoms with Crippen molar-refractivity contribution in [2.24, 2.45) is 5.73 Å². The molecule has 0 heterocycles. The van der Waals surface area contributed by atoms with Crippen molar-refractivity contribution < 1.29 is 28.6 Å². The summed E-state index contributed by atoms with van der Waals surface area (Å²) in [5, 5.41) is 1.97. The number of carbonyl (C=O) groups excluding carboxylic acids is 3. The number of esters is 1. The van der Waals surface area contributed by atoms with Crippen LogP contribution in [0.25, 0.3) is 0 Å². The Hall–Kier alpha value is -2.48. The van der Waals surface area contributed by atoms with Crippen molar-refractivity contribution in [3.63, 3.8) is 0 Å². The molecule has 0 radical (unpaired) electrons. The highest BCUT2D eigenvalue weighted by molar-refractivity contribution is 6.32. The SMILES string of the molecule is CCOc1c(Cl)cc(C(=O)O[C@@H](C)C(=O)NC(N)=O)cc1OC. The molecule has 1 rings (SSSR count). The summed E-state index contributed by atoms with van der Waals surface area (Å²) in [7, 11) is 1.40. The molecule has 8 nitrogen and oxygen atoms in total. The molecule has 0 fully saturated rings. The predicted molar refractivity (Wildman–Crippen MR) is 81.8 cm³/mol. The number of imide groups is 1.